The van der Waals surface area contributed by atoms with Crippen molar-refractivity contribution < 1.29 is 18.7 Å². The van der Waals surface area contributed by atoms with Crippen LogP contribution in [0.4, 0.5) is 10.1 Å². The minimum atomic E-state index is -0.582. The van der Waals surface area contributed by atoms with Gasteiger partial charge in [0.05, 0.1) is 12.7 Å². The molecule has 0 aliphatic carbocycles. The van der Waals surface area contributed by atoms with Crippen molar-refractivity contribution in [2.75, 3.05) is 19.4 Å². The van der Waals surface area contributed by atoms with Crippen LogP contribution in [-0.2, 0) is 9.53 Å². The minimum absolute atomic E-state index is 0.0699. The number of amides is 1. The van der Waals surface area contributed by atoms with Crippen LogP contribution in [-0.4, -0.2) is 36.5 Å². The van der Waals surface area contributed by atoms with E-state index in [1.165, 1.54) is 24.1 Å². The number of nitrogens with zero attached hydrogens (tertiary/aromatic N) is 1. The Bertz CT molecular complexity index is 519. The topological polar surface area (TPSA) is 72.6 Å². The van der Waals surface area contributed by atoms with Gasteiger partial charge in [0.25, 0.3) is 5.91 Å². The molecular weight excluding hydrogens is 251 g/mol. The van der Waals surface area contributed by atoms with Gasteiger partial charge in [-0.25, -0.2) is 9.18 Å². The zero-order chi connectivity index (χ0) is 14.0. The highest BCUT2D eigenvalue weighted by Gasteiger charge is 2.35. The lowest BCUT2D eigenvalue weighted by Crippen LogP contribution is -2.41. The van der Waals surface area contributed by atoms with Gasteiger partial charge in [0.1, 0.15) is 11.9 Å². The summed E-state index contributed by atoms with van der Waals surface area (Å²) < 4.78 is 17.6. The first-order chi connectivity index (χ1) is 9.04. The van der Waals surface area contributed by atoms with Crippen LogP contribution in [0.1, 0.15) is 23.2 Å². The highest BCUT2D eigenvalue weighted by molar-refractivity contribution is 6.01. The number of hydrogen-bond acceptors (Lipinski definition) is 4. The van der Waals surface area contributed by atoms with E-state index in [4.69, 9.17) is 5.73 Å². The van der Waals surface area contributed by atoms with Crippen LogP contribution in [0.5, 0.6) is 0 Å². The molecule has 0 saturated carbocycles. The summed E-state index contributed by atoms with van der Waals surface area (Å²) in [6.45, 7) is 0.468. The van der Waals surface area contributed by atoms with Crippen LogP contribution >= 0.6 is 0 Å². The molecule has 1 aliphatic heterocycles. The molecule has 0 radical (unpaired) electrons. The van der Waals surface area contributed by atoms with E-state index in [0.717, 1.165) is 12.5 Å². The third kappa shape index (κ3) is 2.52. The smallest absolute Gasteiger partial charge is 0.328 e. The third-order valence-corrected chi connectivity index (χ3v) is 3.23. The van der Waals surface area contributed by atoms with E-state index in [9.17, 15) is 14.0 Å². The zero-order valence-corrected chi connectivity index (χ0v) is 10.6. The van der Waals surface area contributed by atoms with Crippen LogP contribution in [0.2, 0.25) is 0 Å². The van der Waals surface area contributed by atoms with Gasteiger partial charge in [-0.1, -0.05) is 0 Å². The number of carbonyl (C=O) groups excluding carboxylic acids is 2. The number of nitrogens with two attached hydrogens (primary N) is 1. The molecule has 1 heterocycles. The van der Waals surface area contributed by atoms with Gasteiger partial charge in [0.15, 0.2) is 0 Å². The van der Waals surface area contributed by atoms with Crippen molar-refractivity contribution in [1.29, 1.82) is 0 Å². The van der Waals surface area contributed by atoms with E-state index >= 15 is 0 Å². The van der Waals surface area contributed by atoms with Crippen LogP contribution < -0.4 is 5.73 Å². The average Bonchev–Trinajstić information content (AvgIpc) is 2.86. The van der Waals surface area contributed by atoms with Gasteiger partial charge in [-0.3, -0.25) is 4.79 Å². The first kappa shape index (κ1) is 13.3. The molecular formula is C13H15FN2O3. The van der Waals surface area contributed by atoms with Gasteiger partial charge >= 0.3 is 5.97 Å². The van der Waals surface area contributed by atoms with E-state index in [-0.39, 0.29) is 17.2 Å². The number of likely N-dealkylation sites (tertiary alicyclic amines) is 1. The maximum absolute atomic E-state index is 13.0. The van der Waals surface area contributed by atoms with Crippen LogP contribution in [0.3, 0.4) is 0 Å². The van der Waals surface area contributed by atoms with E-state index in [0.29, 0.717) is 13.0 Å². The summed E-state index contributed by atoms with van der Waals surface area (Å²) in [5.41, 5.74) is 5.92. The Balaban J connectivity index is 2.25. The van der Waals surface area contributed by atoms with Crippen LogP contribution in [0, 0.1) is 5.82 Å². The first-order valence-corrected chi connectivity index (χ1v) is 5.98. The Morgan fingerprint density at radius 1 is 1.47 bits per heavy atom. The highest BCUT2D eigenvalue weighted by Crippen LogP contribution is 2.23. The van der Waals surface area contributed by atoms with E-state index in [1.54, 1.807) is 0 Å². The molecule has 0 spiro atoms. The number of esters is 1. The standard InChI is InChI=1S/C13H15FN2O3/c1-19-13(18)11-3-2-6-16(11)12(17)9-5-4-8(14)7-10(9)15/h4-5,7,11H,2-3,6,15H2,1H3. The highest BCUT2D eigenvalue weighted by atomic mass is 19.1. The number of carbonyl (C=O) groups is 2. The monoisotopic (exact) mass is 266 g/mol. The number of benzene rings is 1. The Kier molecular flexibility index (Phi) is 3.69. The molecule has 1 aromatic rings. The Hall–Kier alpha value is -2.11. The molecule has 1 atom stereocenters. The summed E-state index contributed by atoms with van der Waals surface area (Å²) in [4.78, 5) is 25.3. The molecule has 1 aromatic carbocycles. The summed E-state index contributed by atoms with van der Waals surface area (Å²) in [6, 6.07) is 3.02. The fourth-order valence-electron chi connectivity index (χ4n) is 2.27. The van der Waals surface area contributed by atoms with Crippen molar-refractivity contribution in [3.05, 3.63) is 29.6 Å². The Morgan fingerprint density at radius 3 is 2.84 bits per heavy atom. The molecule has 6 heteroatoms. The molecule has 1 saturated heterocycles. The summed E-state index contributed by atoms with van der Waals surface area (Å²) in [5.74, 6) is -1.31. The zero-order valence-electron chi connectivity index (χ0n) is 10.6. The third-order valence-electron chi connectivity index (χ3n) is 3.23. The van der Waals surface area contributed by atoms with Gasteiger partial charge < -0.3 is 15.4 Å². The molecule has 19 heavy (non-hydrogen) atoms. The lowest BCUT2D eigenvalue weighted by Gasteiger charge is -2.23. The number of anilines is 1. The quantitative estimate of drug-likeness (QED) is 0.644. The number of nitrogen functional groups attached to an aromatic ring is 1. The molecule has 2 rings (SSSR count). The Morgan fingerprint density at radius 2 is 2.21 bits per heavy atom. The van der Waals surface area contributed by atoms with Gasteiger partial charge in [0, 0.05) is 12.2 Å². The molecule has 1 amide bonds. The second kappa shape index (κ2) is 5.26. The number of ether oxygens (including phenoxy) is 1. The number of rotatable bonds is 2. The van der Waals surface area contributed by atoms with Crippen molar-refractivity contribution in [2.45, 2.75) is 18.9 Å². The Labute approximate surface area is 110 Å². The lowest BCUT2D eigenvalue weighted by molar-refractivity contribution is -0.145. The first-order valence-electron chi connectivity index (χ1n) is 5.98. The minimum Gasteiger partial charge on any atom is -0.467 e. The summed E-state index contributed by atoms with van der Waals surface area (Å²) in [6.07, 6.45) is 1.30. The molecule has 2 N–H and O–H groups in total. The largest absolute Gasteiger partial charge is 0.467 e. The maximum Gasteiger partial charge on any atom is 0.328 e. The van der Waals surface area contributed by atoms with E-state index in [2.05, 4.69) is 4.74 Å². The number of hydrogen-bond donors (Lipinski definition) is 1. The molecule has 0 bridgehead atoms. The van der Waals surface area contributed by atoms with E-state index in [1.807, 2.05) is 0 Å². The molecule has 0 aromatic heterocycles. The van der Waals surface area contributed by atoms with Crippen molar-refractivity contribution >= 4 is 17.6 Å². The van der Waals surface area contributed by atoms with Crippen LogP contribution in [0.15, 0.2) is 18.2 Å². The summed E-state index contributed by atoms with van der Waals surface area (Å²) in [7, 11) is 1.29. The predicted molar refractivity (Wildman–Crippen MR) is 66.9 cm³/mol. The lowest BCUT2D eigenvalue weighted by atomic mass is 10.1. The second-order valence-corrected chi connectivity index (χ2v) is 4.41. The van der Waals surface area contributed by atoms with Crippen molar-refractivity contribution in [3.8, 4) is 0 Å². The molecule has 5 nitrogen and oxygen atoms in total. The number of methoxy groups -OCH3 is 1. The van der Waals surface area contributed by atoms with Gasteiger partial charge in [-0.05, 0) is 31.0 Å². The molecule has 102 valence electrons. The second-order valence-electron chi connectivity index (χ2n) is 4.41. The van der Waals surface area contributed by atoms with Crippen LogP contribution in [0.25, 0.3) is 0 Å². The predicted octanol–water partition coefficient (Wildman–Crippen LogP) is 1.19. The van der Waals surface area contributed by atoms with Crippen molar-refractivity contribution in [1.82, 2.24) is 4.90 Å². The fourth-order valence-corrected chi connectivity index (χ4v) is 2.27. The number of halogens is 1. The molecule has 1 aliphatic rings. The summed E-state index contributed by atoms with van der Waals surface area (Å²) >= 11 is 0. The van der Waals surface area contributed by atoms with Gasteiger partial charge in [-0.15, -0.1) is 0 Å². The van der Waals surface area contributed by atoms with Crippen molar-refractivity contribution in [3.63, 3.8) is 0 Å². The van der Waals surface area contributed by atoms with E-state index < -0.39 is 17.8 Å². The fraction of sp³-hybridized carbons (Fsp3) is 0.385. The molecule has 1 unspecified atom stereocenters. The van der Waals surface area contributed by atoms with Gasteiger partial charge in [-0.2, -0.15) is 0 Å². The van der Waals surface area contributed by atoms with Gasteiger partial charge in [0.2, 0.25) is 0 Å². The van der Waals surface area contributed by atoms with Crippen molar-refractivity contribution in [2.24, 2.45) is 0 Å². The normalized spacial score (nSPS) is 18.4. The average molecular weight is 266 g/mol. The molecule has 1 fully saturated rings. The maximum atomic E-state index is 13.0. The SMILES string of the molecule is COC(=O)C1CCCN1C(=O)c1ccc(F)cc1N. The summed E-state index contributed by atoms with van der Waals surface area (Å²) in [5, 5.41) is 0.